The molecule has 2 N–H and O–H groups in total. The first-order valence-electron chi connectivity index (χ1n) is 10.3. The van der Waals surface area contributed by atoms with Crippen LogP contribution in [0.5, 0.6) is 0 Å². The van der Waals surface area contributed by atoms with Crippen LogP contribution in [0.1, 0.15) is 44.9 Å². The summed E-state index contributed by atoms with van der Waals surface area (Å²) in [5, 5.41) is 6.99. The van der Waals surface area contributed by atoms with Crippen LogP contribution in [0, 0.1) is 5.82 Å². The van der Waals surface area contributed by atoms with E-state index in [1.165, 1.54) is 70.2 Å². The molecule has 7 heteroatoms. The molecule has 1 aromatic carbocycles. The predicted octanol–water partition coefficient (Wildman–Crippen LogP) is 4.50. The number of benzene rings is 1. The van der Waals surface area contributed by atoms with E-state index in [4.69, 9.17) is 0 Å². The zero-order valence-electron chi connectivity index (χ0n) is 16.8. The van der Waals surface area contributed by atoms with Crippen molar-refractivity contribution in [1.82, 2.24) is 15.5 Å². The lowest BCUT2D eigenvalue weighted by Gasteiger charge is -2.39. The van der Waals surface area contributed by atoms with Gasteiger partial charge in [-0.15, -0.1) is 35.7 Å². The van der Waals surface area contributed by atoms with Gasteiger partial charge in [-0.3, -0.25) is 4.99 Å². The molecule has 2 aliphatic rings. The van der Waals surface area contributed by atoms with Crippen molar-refractivity contribution < 1.29 is 4.39 Å². The Bertz CT molecular complexity index is 585. The number of thioether (sulfide) groups is 1. The predicted molar refractivity (Wildman–Crippen MR) is 129 cm³/mol. The number of piperidine rings is 1. The summed E-state index contributed by atoms with van der Waals surface area (Å²) in [6.07, 6.45) is 9.43. The maximum atomic E-state index is 12.9. The Morgan fingerprint density at radius 1 is 1.11 bits per heavy atom. The smallest absolute Gasteiger partial charge is 0.191 e. The van der Waals surface area contributed by atoms with E-state index in [2.05, 4.69) is 20.5 Å². The van der Waals surface area contributed by atoms with E-state index in [-0.39, 0.29) is 29.8 Å². The van der Waals surface area contributed by atoms with Gasteiger partial charge in [-0.2, -0.15) is 0 Å². The fourth-order valence-electron chi connectivity index (χ4n) is 4.11. The first-order valence-corrected chi connectivity index (χ1v) is 11.3. The molecule has 0 amide bonds. The number of halogens is 2. The molecule has 1 aliphatic carbocycles. The molecule has 4 nitrogen and oxygen atoms in total. The molecule has 0 bridgehead atoms. The van der Waals surface area contributed by atoms with Gasteiger partial charge in [0.1, 0.15) is 5.82 Å². The van der Waals surface area contributed by atoms with Crippen molar-refractivity contribution in [2.45, 2.75) is 61.9 Å². The third kappa shape index (κ3) is 7.71. The Hall–Kier alpha value is -0.540. The van der Waals surface area contributed by atoms with Gasteiger partial charge in [-0.1, -0.05) is 19.3 Å². The second kappa shape index (κ2) is 12.9. The number of nitrogens with one attached hydrogen (secondary N) is 2. The van der Waals surface area contributed by atoms with Crippen LogP contribution >= 0.6 is 35.7 Å². The number of aliphatic imine (C=N–C) groups is 1. The molecular weight excluding hydrogens is 486 g/mol. The Kier molecular flexibility index (Phi) is 10.9. The SMILES string of the molecule is CN=C(NCCSc1ccc(F)cc1)NC1CCN(C2CCCCC2)CC1.I. The van der Waals surface area contributed by atoms with Crippen molar-refractivity contribution in [2.75, 3.05) is 32.4 Å². The molecule has 1 aromatic rings. The minimum atomic E-state index is -0.184. The molecule has 0 unspecified atom stereocenters. The summed E-state index contributed by atoms with van der Waals surface area (Å²) < 4.78 is 12.9. The van der Waals surface area contributed by atoms with Crippen LogP contribution in [0.15, 0.2) is 34.2 Å². The standard InChI is InChI=1S/C21H33FN4S.HI/c1-23-21(24-13-16-27-20-9-7-17(22)8-10-20)25-18-11-14-26(15-12-18)19-5-3-2-4-6-19;/h7-10,18-19H,2-6,11-16H2,1H3,(H2,23,24,25);1H. The van der Waals surface area contributed by atoms with Crippen LogP contribution in [0.25, 0.3) is 0 Å². The highest BCUT2D eigenvalue weighted by atomic mass is 127. The topological polar surface area (TPSA) is 39.7 Å². The monoisotopic (exact) mass is 520 g/mol. The van der Waals surface area contributed by atoms with Crippen molar-refractivity contribution in [1.29, 1.82) is 0 Å². The van der Waals surface area contributed by atoms with Gasteiger partial charge in [0.05, 0.1) is 0 Å². The molecule has 2 fully saturated rings. The zero-order valence-corrected chi connectivity index (χ0v) is 20.0. The molecule has 1 saturated carbocycles. The van der Waals surface area contributed by atoms with E-state index in [0.29, 0.717) is 6.04 Å². The van der Waals surface area contributed by atoms with E-state index >= 15 is 0 Å². The van der Waals surface area contributed by atoms with E-state index in [1.54, 1.807) is 11.8 Å². The molecule has 158 valence electrons. The molecule has 0 radical (unpaired) electrons. The number of rotatable bonds is 6. The maximum Gasteiger partial charge on any atom is 0.191 e. The molecule has 3 rings (SSSR count). The molecule has 1 aliphatic heterocycles. The van der Waals surface area contributed by atoms with E-state index in [0.717, 1.165) is 29.2 Å². The summed E-state index contributed by atoms with van der Waals surface area (Å²) >= 11 is 1.73. The molecule has 28 heavy (non-hydrogen) atoms. The average molecular weight is 521 g/mol. The number of likely N-dealkylation sites (tertiary alicyclic amines) is 1. The van der Waals surface area contributed by atoms with Crippen LogP contribution in [0.4, 0.5) is 4.39 Å². The number of guanidine groups is 1. The van der Waals surface area contributed by atoms with Gasteiger partial charge in [0.15, 0.2) is 5.96 Å². The Morgan fingerprint density at radius 3 is 2.43 bits per heavy atom. The van der Waals surface area contributed by atoms with Crippen LogP contribution in [-0.2, 0) is 0 Å². The van der Waals surface area contributed by atoms with Crippen molar-refractivity contribution >= 4 is 41.7 Å². The lowest BCUT2D eigenvalue weighted by atomic mass is 9.92. The van der Waals surface area contributed by atoms with Crippen LogP contribution in [0.2, 0.25) is 0 Å². The van der Waals surface area contributed by atoms with Crippen molar-refractivity contribution in [3.8, 4) is 0 Å². The van der Waals surface area contributed by atoms with E-state index < -0.39 is 0 Å². The molecule has 1 heterocycles. The van der Waals surface area contributed by atoms with Gasteiger partial charge in [-0.05, 0) is 49.9 Å². The second-order valence-corrected chi connectivity index (χ2v) is 8.72. The van der Waals surface area contributed by atoms with Crippen molar-refractivity contribution in [2.24, 2.45) is 4.99 Å². The fourth-order valence-corrected chi connectivity index (χ4v) is 4.88. The van der Waals surface area contributed by atoms with Crippen LogP contribution in [0.3, 0.4) is 0 Å². The average Bonchev–Trinajstić information content (AvgIpc) is 2.72. The highest BCUT2D eigenvalue weighted by Gasteiger charge is 2.26. The van der Waals surface area contributed by atoms with Gasteiger partial charge in [-0.25, -0.2) is 4.39 Å². The Morgan fingerprint density at radius 2 is 1.79 bits per heavy atom. The quantitative estimate of drug-likeness (QED) is 0.191. The fraction of sp³-hybridized carbons (Fsp3) is 0.667. The first kappa shape index (κ1) is 23.7. The molecular formula is C21H34FIN4S. The van der Waals surface area contributed by atoms with Gasteiger partial charge in [0.2, 0.25) is 0 Å². The minimum absolute atomic E-state index is 0. The molecule has 0 spiro atoms. The van der Waals surface area contributed by atoms with E-state index in [1.807, 2.05) is 19.2 Å². The summed E-state index contributed by atoms with van der Waals surface area (Å²) in [4.78, 5) is 8.18. The molecule has 1 saturated heterocycles. The zero-order chi connectivity index (χ0) is 18.9. The summed E-state index contributed by atoms with van der Waals surface area (Å²) in [7, 11) is 1.83. The first-order chi connectivity index (χ1) is 13.2. The highest BCUT2D eigenvalue weighted by Crippen LogP contribution is 2.25. The second-order valence-electron chi connectivity index (χ2n) is 7.55. The lowest BCUT2D eigenvalue weighted by molar-refractivity contribution is 0.119. The van der Waals surface area contributed by atoms with Gasteiger partial charge < -0.3 is 15.5 Å². The third-order valence-electron chi connectivity index (χ3n) is 5.66. The van der Waals surface area contributed by atoms with Crippen LogP contribution in [-0.4, -0.2) is 55.4 Å². The van der Waals surface area contributed by atoms with Crippen molar-refractivity contribution in [3.05, 3.63) is 30.1 Å². The van der Waals surface area contributed by atoms with Crippen LogP contribution < -0.4 is 10.6 Å². The molecule has 0 aromatic heterocycles. The summed E-state index contributed by atoms with van der Waals surface area (Å²) in [5.41, 5.74) is 0. The third-order valence-corrected chi connectivity index (χ3v) is 6.68. The largest absolute Gasteiger partial charge is 0.356 e. The van der Waals surface area contributed by atoms with E-state index in [9.17, 15) is 4.39 Å². The van der Waals surface area contributed by atoms with Crippen molar-refractivity contribution in [3.63, 3.8) is 0 Å². The van der Waals surface area contributed by atoms with Gasteiger partial charge in [0.25, 0.3) is 0 Å². The normalized spacial score (nSPS) is 19.9. The Labute approximate surface area is 190 Å². The number of hydrogen-bond donors (Lipinski definition) is 2. The minimum Gasteiger partial charge on any atom is -0.356 e. The Balaban J connectivity index is 0.00000280. The summed E-state index contributed by atoms with van der Waals surface area (Å²) in [5.74, 6) is 1.63. The summed E-state index contributed by atoms with van der Waals surface area (Å²) in [6, 6.07) is 8.02. The summed E-state index contributed by atoms with van der Waals surface area (Å²) in [6.45, 7) is 3.25. The van der Waals surface area contributed by atoms with Gasteiger partial charge >= 0.3 is 0 Å². The lowest BCUT2D eigenvalue weighted by Crippen LogP contribution is -2.51. The van der Waals surface area contributed by atoms with Gasteiger partial charge in [0, 0.05) is 49.4 Å². The maximum absolute atomic E-state index is 12.9. The highest BCUT2D eigenvalue weighted by molar-refractivity contribution is 14.0. The molecule has 0 atom stereocenters. The number of hydrogen-bond acceptors (Lipinski definition) is 3. The number of nitrogens with zero attached hydrogens (tertiary/aromatic N) is 2.